The van der Waals surface area contributed by atoms with Crippen LogP contribution in [0, 0.1) is 23.7 Å². The number of para-hydroxylation sites is 1. The third-order valence-electron chi connectivity index (χ3n) is 7.55. The van der Waals surface area contributed by atoms with Crippen molar-refractivity contribution in [2.75, 3.05) is 0 Å². The van der Waals surface area contributed by atoms with Crippen molar-refractivity contribution < 1.29 is 0 Å². The number of aromatic amines is 1. The van der Waals surface area contributed by atoms with Crippen molar-refractivity contribution in [3.63, 3.8) is 0 Å². The van der Waals surface area contributed by atoms with Crippen LogP contribution < -0.4 is 0 Å². The molecule has 0 saturated heterocycles. The van der Waals surface area contributed by atoms with Crippen molar-refractivity contribution in [1.82, 2.24) is 24.9 Å². The molecule has 146 valence electrons. The van der Waals surface area contributed by atoms with Gasteiger partial charge in [-0.2, -0.15) is 0 Å². The van der Waals surface area contributed by atoms with Crippen LogP contribution in [-0.4, -0.2) is 24.9 Å². The molecular weight excluding hydrogens is 358 g/mol. The second-order valence-electron chi connectivity index (χ2n) is 8.90. The van der Waals surface area contributed by atoms with Gasteiger partial charge in [-0.25, -0.2) is 19.9 Å². The molecule has 0 amide bonds. The fourth-order valence-corrected chi connectivity index (χ4v) is 5.92. The lowest BCUT2D eigenvalue weighted by Gasteiger charge is -2.47. The Bertz CT molecular complexity index is 1190. The van der Waals surface area contributed by atoms with Crippen molar-refractivity contribution in [2.24, 2.45) is 23.7 Å². The maximum Gasteiger partial charge on any atom is 0.162 e. The molecule has 3 saturated carbocycles. The van der Waals surface area contributed by atoms with Crippen molar-refractivity contribution in [3.8, 4) is 11.4 Å². The van der Waals surface area contributed by atoms with E-state index in [-0.39, 0.29) is 0 Å². The van der Waals surface area contributed by atoms with Gasteiger partial charge in [0, 0.05) is 28.7 Å². The summed E-state index contributed by atoms with van der Waals surface area (Å²) >= 11 is 0. The molecule has 3 heterocycles. The van der Waals surface area contributed by atoms with Gasteiger partial charge in [0.1, 0.15) is 12.0 Å². The topological polar surface area (TPSA) is 67.3 Å². The maximum atomic E-state index is 5.12. The summed E-state index contributed by atoms with van der Waals surface area (Å²) in [5, 5.41) is 2.17. The van der Waals surface area contributed by atoms with E-state index >= 15 is 0 Å². The average Bonchev–Trinajstić information content (AvgIpc) is 3.20. The lowest BCUT2D eigenvalue weighted by molar-refractivity contribution is 0.0341. The van der Waals surface area contributed by atoms with Crippen LogP contribution in [-0.2, 0) is 6.42 Å². The van der Waals surface area contributed by atoms with Gasteiger partial charge in [-0.3, -0.25) is 0 Å². The number of nitrogens with one attached hydrogen (secondary N) is 1. The third kappa shape index (κ3) is 2.75. The largest absolute Gasteiger partial charge is 0.345 e. The molecule has 7 rings (SSSR count). The Morgan fingerprint density at radius 1 is 1.00 bits per heavy atom. The minimum absolute atomic E-state index is 0.736. The molecule has 2 atom stereocenters. The van der Waals surface area contributed by atoms with E-state index in [1.165, 1.54) is 36.8 Å². The van der Waals surface area contributed by atoms with Crippen LogP contribution in [0.1, 0.15) is 38.3 Å². The minimum Gasteiger partial charge on any atom is -0.345 e. The lowest BCUT2D eigenvalue weighted by Crippen LogP contribution is -2.39. The van der Waals surface area contributed by atoms with Gasteiger partial charge >= 0.3 is 0 Å². The number of aromatic nitrogens is 5. The zero-order chi connectivity index (χ0) is 19.4. The quantitative estimate of drug-likeness (QED) is 0.529. The third-order valence-corrected chi connectivity index (χ3v) is 7.55. The van der Waals surface area contributed by atoms with Gasteiger partial charge in [-0.05, 0) is 61.8 Å². The number of rotatable bonds is 3. The maximum absolute atomic E-state index is 5.12. The van der Waals surface area contributed by atoms with Gasteiger partial charge in [0.15, 0.2) is 5.82 Å². The molecule has 29 heavy (non-hydrogen) atoms. The molecule has 1 N–H and O–H groups in total. The molecule has 3 aliphatic rings. The molecule has 0 radical (unpaired) electrons. The van der Waals surface area contributed by atoms with Gasteiger partial charge < -0.3 is 4.98 Å². The highest BCUT2D eigenvalue weighted by Gasteiger charge is 2.41. The summed E-state index contributed by atoms with van der Waals surface area (Å²) in [6.07, 6.45) is 12.1. The number of nitrogens with zero attached hydrogens (tertiary/aromatic N) is 4. The standard InChI is InChI=1S/C24H25N5/c1-14-15-6-8-16(9-7-15)18(14)10-22-17-4-2-3-5-21(17)28-24(29-22)20-12-26-23-19(20)11-25-13-27-23/h2-5,11-16,18H,6-10H2,1H3,(H,25,26,27)/t14-,15?,16?,18+/m1/s1. The van der Waals surface area contributed by atoms with E-state index in [1.54, 1.807) is 6.33 Å². The number of fused-ring (bicyclic) bond motifs is 5. The molecule has 4 aromatic rings. The van der Waals surface area contributed by atoms with Crippen LogP contribution in [0.15, 0.2) is 43.0 Å². The molecule has 3 aliphatic carbocycles. The summed E-state index contributed by atoms with van der Waals surface area (Å²) in [5.74, 6) is 4.06. The predicted octanol–water partition coefficient (Wildman–Crippen LogP) is 5.18. The smallest absolute Gasteiger partial charge is 0.162 e. The van der Waals surface area contributed by atoms with Crippen molar-refractivity contribution in [2.45, 2.75) is 39.0 Å². The number of benzene rings is 1. The summed E-state index contributed by atoms with van der Waals surface area (Å²) < 4.78 is 0. The summed E-state index contributed by atoms with van der Waals surface area (Å²) in [6.45, 7) is 2.47. The van der Waals surface area contributed by atoms with E-state index in [0.717, 1.165) is 58.0 Å². The van der Waals surface area contributed by atoms with E-state index in [9.17, 15) is 0 Å². The second-order valence-corrected chi connectivity index (χ2v) is 8.90. The summed E-state index contributed by atoms with van der Waals surface area (Å²) in [7, 11) is 0. The van der Waals surface area contributed by atoms with Crippen molar-refractivity contribution in [1.29, 1.82) is 0 Å². The van der Waals surface area contributed by atoms with E-state index in [2.05, 4.69) is 46.1 Å². The molecule has 0 spiro atoms. The Balaban J connectivity index is 1.47. The van der Waals surface area contributed by atoms with E-state index in [1.807, 2.05) is 12.4 Å². The van der Waals surface area contributed by atoms with Gasteiger partial charge in [-0.15, -0.1) is 0 Å². The number of hydrogen-bond acceptors (Lipinski definition) is 4. The van der Waals surface area contributed by atoms with Crippen LogP contribution in [0.25, 0.3) is 33.3 Å². The zero-order valence-electron chi connectivity index (χ0n) is 16.7. The van der Waals surface area contributed by atoms with Crippen LogP contribution in [0.2, 0.25) is 0 Å². The van der Waals surface area contributed by atoms with Crippen LogP contribution in [0.4, 0.5) is 0 Å². The monoisotopic (exact) mass is 383 g/mol. The molecule has 0 aliphatic heterocycles. The Morgan fingerprint density at radius 2 is 1.83 bits per heavy atom. The normalized spacial score (nSPS) is 26.4. The second kappa shape index (κ2) is 6.61. The van der Waals surface area contributed by atoms with Crippen LogP contribution in [0.3, 0.4) is 0 Å². The Labute approximate surface area is 170 Å². The van der Waals surface area contributed by atoms with Crippen molar-refractivity contribution >= 4 is 21.9 Å². The van der Waals surface area contributed by atoms with Gasteiger partial charge in [0.25, 0.3) is 0 Å². The molecular formula is C24H25N5. The summed E-state index contributed by atoms with van der Waals surface area (Å²) in [5.41, 5.74) is 4.02. The minimum atomic E-state index is 0.736. The fraction of sp³-hybridized carbons (Fsp3) is 0.417. The predicted molar refractivity (Wildman–Crippen MR) is 114 cm³/mol. The van der Waals surface area contributed by atoms with E-state index in [4.69, 9.17) is 9.97 Å². The number of H-pyrrole nitrogens is 1. The summed E-state index contributed by atoms with van der Waals surface area (Å²) in [4.78, 5) is 21.8. The first-order valence-electron chi connectivity index (χ1n) is 10.8. The molecule has 0 unspecified atom stereocenters. The van der Waals surface area contributed by atoms with Gasteiger partial charge in [-0.1, -0.05) is 25.1 Å². The SMILES string of the molecule is C[C@@H]1C2CCC(CC2)[C@H]1Cc1nc(-c2c[nH]c3ncncc23)nc2ccccc12. The molecule has 1 aromatic carbocycles. The molecule has 2 bridgehead atoms. The first-order valence-corrected chi connectivity index (χ1v) is 10.8. The highest BCUT2D eigenvalue weighted by Crippen LogP contribution is 2.50. The fourth-order valence-electron chi connectivity index (χ4n) is 5.92. The highest BCUT2D eigenvalue weighted by atomic mass is 14.9. The molecule has 3 aromatic heterocycles. The summed E-state index contributed by atoms with van der Waals surface area (Å²) in [6, 6.07) is 8.45. The Kier molecular flexibility index (Phi) is 3.89. The molecule has 5 heteroatoms. The van der Waals surface area contributed by atoms with Gasteiger partial charge in [0.05, 0.1) is 11.2 Å². The van der Waals surface area contributed by atoms with E-state index in [0.29, 0.717) is 0 Å². The van der Waals surface area contributed by atoms with Crippen molar-refractivity contribution in [3.05, 3.63) is 48.7 Å². The lowest BCUT2D eigenvalue weighted by atomic mass is 9.58. The van der Waals surface area contributed by atoms with Crippen LogP contribution >= 0.6 is 0 Å². The first kappa shape index (κ1) is 17.1. The molecule has 3 fully saturated rings. The highest BCUT2D eigenvalue weighted by molar-refractivity contribution is 5.92. The Morgan fingerprint density at radius 3 is 2.69 bits per heavy atom. The van der Waals surface area contributed by atoms with Crippen LogP contribution in [0.5, 0.6) is 0 Å². The number of hydrogen-bond donors (Lipinski definition) is 1. The van der Waals surface area contributed by atoms with E-state index < -0.39 is 0 Å². The molecule has 5 nitrogen and oxygen atoms in total. The Hall–Kier alpha value is -2.82. The zero-order valence-corrected chi connectivity index (χ0v) is 16.7. The van der Waals surface area contributed by atoms with Gasteiger partial charge in [0.2, 0.25) is 0 Å². The average molecular weight is 383 g/mol. The first-order chi connectivity index (χ1) is 14.3.